The zero-order chi connectivity index (χ0) is 14.4. The van der Waals surface area contributed by atoms with Gasteiger partial charge in [-0.15, -0.1) is 0 Å². The van der Waals surface area contributed by atoms with E-state index in [1.54, 1.807) is 19.1 Å². The molecular weight excluding hydrogens is 278 g/mol. The van der Waals surface area contributed by atoms with Crippen LogP contribution in [0, 0.1) is 0 Å². The first-order valence-corrected chi connectivity index (χ1v) is 6.54. The number of anilines is 1. The molecule has 0 spiro atoms. The van der Waals surface area contributed by atoms with Crippen LogP contribution in [0.1, 0.15) is 22.8 Å². The number of ether oxygens (including phenoxy) is 1. The van der Waals surface area contributed by atoms with Gasteiger partial charge >= 0.3 is 5.97 Å². The lowest BCUT2D eigenvalue weighted by Gasteiger charge is -2.07. The van der Waals surface area contributed by atoms with E-state index in [-0.39, 0.29) is 5.97 Å². The lowest BCUT2D eigenvalue weighted by molar-refractivity contribution is 0.0526. The maximum Gasteiger partial charge on any atom is 0.338 e. The highest BCUT2D eigenvalue weighted by Gasteiger charge is 2.06. The van der Waals surface area contributed by atoms with Crippen molar-refractivity contribution in [1.29, 1.82) is 0 Å². The quantitative estimate of drug-likeness (QED) is 0.858. The van der Waals surface area contributed by atoms with Crippen molar-refractivity contribution in [3.63, 3.8) is 0 Å². The summed E-state index contributed by atoms with van der Waals surface area (Å²) in [6, 6.07) is 7.18. The first kappa shape index (κ1) is 14.3. The van der Waals surface area contributed by atoms with E-state index in [0.29, 0.717) is 29.6 Å². The standard InChI is InChI=1S/C14H14ClN3O2/c1-2-20-14(19)11-5-3-10(4-6-11)7-17-13-12(15)8-16-9-18-13/h3-6,8-9H,2,7H2,1H3,(H,16,17,18). The number of carbonyl (C=O) groups excluding carboxylic acids is 1. The Bertz CT molecular complexity index is 587. The molecule has 1 N–H and O–H groups in total. The van der Waals surface area contributed by atoms with Crippen molar-refractivity contribution in [2.75, 3.05) is 11.9 Å². The van der Waals surface area contributed by atoms with Crippen molar-refractivity contribution in [2.24, 2.45) is 0 Å². The van der Waals surface area contributed by atoms with E-state index in [4.69, 9.17) is 16.3 Å². The van der Waals surface area contributed by atoms with Crippen LogP contribution in [-0.2, 0) is 11.3 Å². The van der Waals surface area contributed by atoms with Gasteiger partial charge in [0, 0.05) is 6.54 Å². The molecule has 0 aliphatic rings. The van der Waals surface area contributed by atoms with Gasteiger partial charge in [0.2, 0.25) is 0 Å². The Kier molecular flexibility index (Phi) is 4.90. The molecule has 1 heterocycles. The molecule has 2 rings (SSSR count). The summed E-state index contributed by atoms with van der Waals surface area (Å²) in [5.74, 6) is 0.266. The zero-order valence-corrected chi connectivity index (χ0v) is 11.7. The monoisotopic (exact) mass is 291 g/mol. The van der Waals surface area contributed by atoms with Crippen molar-refractivity contribution in [3.05, 3.63) is 52.9 Å². The molecule has 0 aliphatic carbocycles. The van der Waals surface area contributed by atoms with Crippen LogP contribution in [0.3, 0.4) is 0 Å². The Labute approximate surface area is 122 Å². The van der Waals surface area contributed by atoms with E-state index in [0.717, 1.165) is 5.56 Å². The summed E-state index contributed by atoms with van der Waals surface area (Å²) in [5, 5.41) is 3.57. The largest absolute Gasteiger partial charge is 0.462 e. The normalized spacial score (nSPS) is 10.1. The summed E-state index contributed by atoms with van der Waals surface area (Å²) in [6.07, 6.45) is 2.96. The number of hydrogen-bond acceptors (Lipinski definition) is 5. The number of nitrogens with one attached hydrogen (secondary N) is 1. The third-order valence-corrected chi connectivity index (χ3v) is 2.87. The summed E-state index contributed by atoms with van der Waals surface area (Å²) >= 11 is 5.94. The summed E-state index contributed by atoms with van der Waals surface area (Å²) in [4.78, 5) is 19.4. The van der Waals surface area contributed by atoms with Crippen molar-refractivity contribution in [3.8, 4) is 0 Å². The molecule has 0 radical (unpaired) electrons. The van der Waals surface area contributed by atoms with E-state index in [1.165, 1.54) is 12.5 Å². The van der Waals surface area contributed by atoms with Gasteiger partial charge in [-0.25, -0.2) is 14.8 Å². The first-order chi connectivity index (χ1) is 9.70. The predicted octanol–water partition coefficient (Wildman–Crippen LogP) is 2.92. The fraction of sp³-hybridized carbons (Fsp3) is 0.214. The molecule has 104 valence electrons. The van der Waals surface area contributed by atoms with E-state index in [2.05, 4.69) is 15.3 Å². The second-order valence-corrected chi connectivity index (χ2v) is 4.40. The van der Waals surface area contributed by atoms with E-state index in [9.17, 15) is 4.79 Å². The van der Waals surface area contributed by atoms with Crippen molar-refractivity contribution in [2.45, 2.75) is 13.5 Å². The van der Waals surface area contributed by atoms with Crippen molar-refractivity contribution < 1.29 is 9.53 Å². The van der Waals surface area contributed by atoms with Gasteiger partial charge in [0.15, 0.2) is 0 Å². The fourth-order valence-electron chi connectivity index (χ4n) is 1.60. The highest BCUT2D eigenvalue weighted by molar-refractivity contribution is 6.32. The maximum atomic E-state index is 11.5. The fourth-order valence-corrected chi connectivity index (χ4v) is 1.77. The van der Waals surface area contributed by atoms with E-state index < -0.39 is 0 Å². The number of halogens is 1. The summed E-state index contributed by atoms with van der Waals surface area (Å²) in [7, 11) is 0. The number of benzene rings is 1. The van der Waals surface area contributed by atoms with Gasteiger partial charge in [-0.2, -0.15) is 0 Å². The molecule has 20 heavy (non-hydrogen) atoms. The van der Waals surface area contributed by atoms with Crippen LogP contribution in [0.4, 0.5) is 5.82 Å². The second kappa shape index (κ2) is 6.86. The molecule has 6 heteroatoms. The Morgan fingerprint density at radius 3 is 2.75 bits per heavy atom. The molecule has 0 amide bonds. The molecule has 1 aromatic heterocycles. The van der Waals surface area contributed by atoms with E-state index in [1.807, 2.05) is 12.1 Å². The molecule has 2 aromatic rings. The predicted molar refractivity (Wildman–Crippen MR) is 76.8 cm³/mol. The van der Waals surface area contributed by atoms with Gasteiger partial charge in [0.05, 0.1) is 18.4 Å². The third kappa shape index (κ3) is 3.68. The van der Waals surface area contributed by atoms with Crippen LogP contribution < -0.4 is 5.32 Å². The van der Waals surface area contributed by atoms with Crippen molar-refractivity contribution >= 4 is 23.4 Å². The maximum absolute atomic E-state index is 11.5. The minimum Gasteiger partial charge on any atom is -0.462 e. The van der Waals surface area contributed by atoms with Crippen LogP contribution in [0.25, 0.3) is 0 Å². The number of carbonyl (C=O) groups is 1. The highest BCUT2D eigenvalue weighted by Crippen LogP contribution is 2.17. The number of esters is 1. The molecule has 0 saturated heterocycles. The first-order valence-electron chi connectivity index (χ1n) is 6.16. The molecule has 5 nitrogen and oxygen atoms in total. The number of hydrogen-bond donors (Lipinski definition) is 1. The van der Waals surface area contributed by atoms with Crippen LogP contribution in [0.15, 0.2) is 36.8 Å². The average molecular weight is 292 g/mol. The minimum absolute atomic E-state index is 0.314. The second-order valence-electron chi connectivity index (χ2n) is 3.99. The molecule has 0 fully saturated rings. The number of nitrogens with zero attached hydrogens (tertiary/aromatic N) is 2. The Morgan fingerprint density at radius 1 is 1.35 bits per heavy atom. The Balaban J connectivity index is 1.98. The smallest absolute Gasteiger partial charge is 0.338 e. The van der Waals surface area contributed by atoms with Crippen LogP contribution in [-0.4, -0.2) is 22.5 Å². The molecule has 0 bridgehead atoms. The van der Waals surface area contributed by atoms with Crippen molar-refractivity contribution in [1.82, 2.24) is 9.97 Å². The minimum atomic E-state index is -0.314. The van der Waals surface area contributed by atoms with Gasteiger partial charge in [-0.1, -0.05) is 23.7 Å². The summed E-state index contributed by atoms with van der Waals surface area (Å²) in [6.45, 7) is 2.70. The van der Waals surface area contributed by atoms with Gasteiger partial charge in [0.25, 0.3) is 0 Å². The average Bonchev–Trinajstić information content (AvgIpc) is 2.47. The Hall–Kier alpha value is -2.14. The van der Waals surface area contributed by atoms with Crippen LogP contribution in [0.2, 0.25) is 5.02 Å². The Morgan fingerprint density at radius 2 is 2.10 bits per heavy atom. The molecule has 0 aliphatic heterocycles. The zero-order valence-electron chi connectivity index (χ0n) is 11.0. The van der Waals surface area contributed by atoms with Gasteiger partial charge in [0.1, 0.15) is 17.2 Å². The molecular formula is C14H14ClN3O2. The third-order valence-electron chi connectivity index (χ3n) is 2.59. The lowest BCUT2D eigenvalue weighted by atomic mass is 10.1. The van der Waals surface area contributed by atoms with Gasteiger partial charge in [-0.3, -0.25) is 0 Å². The van der Waals surface area contributed by atoms with Gasteiger partial charge in [-0.05, 0) is 24.6 Å². The molecule has 0 unspecified atom stereocenters. The molecule has 0 atom stereocenters. The summed E-state index contributed by atoms with van der Waals surface area (Å²) < 4.78 is 4.92. The molecule has 1 aromatic carbocycles. The topological polar surface area (TPSA) is 64.1 Å². The van der Waals surface area contributed by atoms with E-state index >= 15 is 0 Å². The van der Waals surface area contributed by atoms with Crippen LogP contribution >= 0.6 is 11.6 Å². The SMILES string of the molecule is CCOC(=O)c1ccc(CNc2ncncc2Cl)cc1. The molecule has 0 saturated carbocycles. The van der Waals surface area contributed by atoms with Crippen LogP contribution in [0.5, 0.6) is 0 Å². The lowest BCUT2D eigenvalue weighted by Crippen LogP contribution is -2.06. The van der Waals surface area contributed by atoms with Gasteiger partial charge < -0.3 is 10.1 Å². The summed E-state index contributed by atoms with van der Waals surface area (Å²) in [5.41, 5.74) is 1.54. The number of rotatable bonds is 5. The highest BCUT2D eigenvalue weighted by atomic mass is 35.5. The number of aromatic nitrogens is 2.